The van der Waals surface area contributed by atoms with Crippen molar-refractivity contribution in [2.45, 2.75) is 19.8 Å². The van der Waals surface area contributed by atoms with Gasteiger partial charge in [-0.05, 0) is 54.5 Å². The van der Waals surface area contributed by atoms with Crippen molar-refractivity contribution >= 4 is 11.9 Å². The van der Waals surface area contributed by atoms with Gasteiger partial charge in [-0.3, -0.25) is 4.79 Å². The Hall–Kier alpha value is -2.55. The van der Waals surface area contributed by atoms with Crippen LogP contribution >= 0.6 is 0 Å². The first-order valence-corrected chi connectivity index (χ1v) is 7.43. The van der Waals surface area contributed by atoms with E-state index in [9.17, 15) is 9.90 Å². The Morgan fingerprint density at radius 1 is 1.09 bits per heavy atom. The molecule has 0 saturated carbocycles. The van der Waals surface area contributed by atoms with Gasteiger partial charge in [0.05, 0.1) is 6.61 Å². The summed E-state index contributed by atoms with van der Waals surface area (Å²) in [5, 5.41) is 9.21. The van der Waals surface area contributed by atoms with E-state index in [4.69, 9.17) is 4.74 Å². The van der Waals surface area contributed by atoms with Crippen molar-refractivity contribution in [1.29, 1.82) is 0 Å². The van der Waals surface area contributed by atoms with Crippen LogP contribution in [-0.2, 0) is 0 Å². The summed E-state index contributed by atoms with van der Waals surface area (Å²) < 4.78 is 5.59. The highest BCUT2D eigenvalue weighted by Gasteiger charge is 2.01. The molecule has 0 radical (unpaired) electrons. The van der Waals surface area contributed by atoms with Crippen molar-refractivity contribution in [3.05, 3.63) is 65.7 Å². The quantitative estimate of drug-likeness (QED) is 0.466. The molecule has 0 fully saturated rings. The SMILES string of the molecule is CCCCOc1ccc(/C=C/C(=O)c2ccc(O)cc2)cc1. The molecule has 3 nitrogen and oxygen atoms in total. The molecule has 2 rings (SSSR count). The first-order valence-electron chi connectivity index (χ1n) is 7.43. The highest BCUT2D eigenvalue weighted by atomic mass is 16.5. The van der Waals surface area contributed by atoms with Gasteiger partial charge in [-0.2, -0.15) is 0 Å². The minimum atomic E-state index is -0.0942. The van der Waals surface area contributed by atoms with Crippen molar-refractivity contribution in [3.63, 3.8) is 0 Å². The lowest BCUT2D eigenvalue weighted by molar-refractivity contribution is 0.104. The number of allylic oxidation sites excluding steroid dienone is 1. The molecule has 22 heavy (non-hydrogen) atoms. The summed E-state index contributed by atoms with van der Waals surface area (Å²) in [6.07, 6.45) is 5.45. The number of aromatic hydroxyl groups is 1. The second-order valence-corrected chi connectivity index (χ2v) is 5.02. The minimum absolute atomic E-state index is 0.0942. The second-order valence-electron chi connectivity index (χ2n) is 5.02. The first kappa shape index (κ1) is 15.8. The zero-order valence-electron chi connectivity index (χ0n) is 12.7. The smallest absolute Gasteiger partial charge is 0.185 e. The Morgan fingerprint density at radius 3 is 2.41 bits per heavy atom. The monoisotopic (exact) mass is 296 g/mol. The molecule has 3 heteroatoms. The lowest BCUT2D eigenvalue weighted by Crippen LogP contribution is -1.96. The van der Waals surface area contributed by atoms with Crippen LogP contribution in [0.5, 0.6) is 11.5 Å². The highest BCUT2D eigenvalue weighted by molar-refractivity contribution is 6.06. The van der Waals surface area contributed by atoms with E-state index < -0.39 is 0 Å². The topological polar surface area (TPSA) is 46.5 Å². The maximum Gasteiger partial charge on any atom is 0.185 e. The van der Waals surface area contributed by atoms with E-state index in [0.29, 0.717) is 5.56 Å². The maximum atomic E-state index is 12.0. The number of hydrogen-bond donors (Lipinski definition) is 1. The van der Waals surface area contributed by atoms with Crippen LogP contribution in [0, 0.1) is 0 Å². The molecule has 0 bridgehead atoms. The molecule has 114 valence electrons. The number of unbranched alkanes of at least 4 members (excludes halogenated alkanes) is 1. The molecule has 0 saturated heterocycles. The molecule has 0 aromatic heterocycles. The van der Waals surface area contributed by atoms with E-state index in [0.717, 1.165) is 30.8 Å². The van der Waals surface area contributed by atoms with Crippen LogP contribution < -0.4 is 4.74 Å². The van der Waals surface area contributed by atoms with E-state index in [1.54, 1.807) is 18.2 Å². The predicted octanol–water partition coefficient (Wildman–Crippen LogP) is 4.47. The lowest BCUT2D eigenvalue weighted by Gasteiger charge is -2.05. The van der Waals surface area contributed by atoms with Crippen molar-refractivity contribution < 1.29 is 14.6 Å². The number of carbonyl (C=O) groups is 1. The molecule has 0 unspecified atom stereocenters. The number of ether oxygens (including phenoxy) is 1. The van der Waals surface area contributed by atoms with Gasteiger partial charge in [0.2, 0.25) is 0 Å². The van der Waals surface area contributed by atoms with Gasteiger partial charge in [0.1, 0.15) is 11.5 Å². The Labute approximate surface area is 130 Å². The summed E-state index contributed by atoms with van der Waals surface area (Å²) in [6.45, 7) is 2.85. The zero-order valence-corrected chi connectivity index (χ0v) is 12.7. The van der Waals surface area contributed by atoms with Crippen molar-refractivity contribution in [2.75, 3.05) is 6.61 Å². The summed E-state index contributed by atoms with van der Waals surface area (Å²) in [6, 6.07) is 13.9. The fourth-order valence-electron chi connectivity index (χ4n) is 1.90. The minimum Gasteiger partial charge on any atom is -0.508 e. The van der Waals surface area contributed by atoms with Gasteiger partial charge in [0.25, 0.3) is 0 Å². The molecule has 0 aliphatic heterocycles. The largest absolute Gasteiger partial charge is 0.508 e. The number of benzene rings is 2. The third-order valence-corrected chi connectivity index (χ3v) is 3.23. The normalized spacial score (nSPS) is 10.8. The van der Waals surface area contributed by atoms with Crippen LogP contribution in [0.25, 0.3) is 6.08 Å². The molecule has 0 amide bonds. The van der Waals surface area contributed by atoms with Gasteiger partial charge in [0, 0.05) is 5.56 Å². The second kappa shape index (κ2) is 8.03. The number of carbonyl (C=O) groups excluding carboxylic acids is 1. The Morgan fingerprint density at radius 2 is 1.77 bits per heavy atom. The van der Waals surface area contributed by atoms with Crippen LogP contribution in [0.1, 0.15) is 35.7 Å². The van der Waals surface area contributed by atoms with Gasteiger partial charge < -0.3 is 9.84 Å². The van der Waals surface area contributed by atoms with E-state index in [-0.39, 0.29) is 11.5 Å². The summed E-state index contributed by atoms with van der Waals surface area (Å²) in [4.78, 5) is 12.0. The fraction of sp³-hybridized carbons (Fsp3) is 0.211. The van der Waals surface area contributed by atoms with Crippen LogP contribution in [-0.4, -0.2) is 17.5 Å². The molecule has 0 atom stereocenters. The average Bonchev–Trinajstić information content (AvgIpc) is 2.55. The van der Waals surface area contributed by atoms with Gasteiger partial charge in [-0.15, -0.1) is 0 Å². The Bertz CT molecular complexity index is 625. The van der Waals surface area contributed by atoms with Crippen molar-refractivity contribution in [2.24, 2.45) is 0 Å². The van der Waals surface area contributed by atoms with E-state index in [1.165, 1.54) is 18.2 Å². The molecular weight excluding hydrogens is 276 g/mol. The van der Waals surface area contributed by atoms with Gasteiger partial charge in [-0.1, -0.05) is 31.6 Å². The van der Waals surface area contributed by atoms with E-state index in [1.807, 2.05) is 24.3 Å². The van der Waals surface area contributed by atoms with Crippen LogP contribution in [0.2, 0.25) is 0 Å². The van der Waals surface area contributed by atoms with Crippen molar-refractivity contribution in [1.82, 2.24) is 0 Å². The summed E-state index contributed by atoms with van der Waals surface area (Å²) >= 11 is 0. The molecule has 0 heterocycles. The van der Waals surface area contributed by atoms with Crippen LogP contribution in [0.4, 0.5) is 0 Å². The molecule has 0 aliphatic carbocycles. The van der Waals surface area contributed by atoms with Crippen LogP contribution in [0.3, 0.4) is 0 Å². The summed E-state index contributed by atoms with van der Waals surface area (Å²) in [7, 11) is 0. The number of phenols is 1. The van der Waals surface area contributed by atoms with E-state index in [2.05, 4.69) is 6.92 Å². The van der Waals surface area contributed by atoms with Gasteiger partial charge >= 0.3 is 0 Å². The number of rotatable bonds is 7. The maximum absolute atomic E-state index is 12.0. The predicted molar refractivity (Wildman–Crippen MR) is 88.3 cm³/mol. The Balaban J connectivity index is 1.95. The highest BCUT2D eigenvalue weighted by Crippen LogP contribution is 2.15. The first-order chi connectivity index (χ1) is 10.7. The fourth-order valence-corrected chi connectivity index (χ4v) is 1.90. The molecule has 2 aromatic rings. The number of phenolic OH excluding ortho intramolecular Hbond substituents is 1. The zero-order chi connectivity index (χ0) is 15.8. The number of hydrogen-bond acceptors (Lipinski definition) is 3. The van der Waals surface area contributed by atoms with Crippen LogP contribution in [0.15, 0.2) is 54.6 Å². The summed E-state index contributed by atoms with van der Waals surface area (Å²) in [5.41, 5.74) is 1.49. The van der Waals surface area contributed by atoms with Crippen molar-refractivity contribution in [3.8, 4) is 11.5 Å². The molecule has 0 aliphatic rings. The lowest BCUT2D eigenvalue weighted by atomic mass is 10.1. The molecule has 1 N–H and O–H groups in total. The van der Waals surface area contributed by atoms with Gasteiger partial charge in [-0.25, -0.2) is 0 Å². The Kier molecular flexibility index (Phi) is 5.78. The van der Waals surface area contributed by atoms with Gasteiger partial charge in [0.15, 0.2) is 5.78 Å². The summed E-state index contributed by atoms with van der Waals surface area (Å²) in [5.74, 6) is 0.901. The molecular formula is C19H20O3. The molecule has 2 aromatic carbocycles. The number of ketones is 1. The third kappa shape index (κ3) is 4.77. The third-order valence-electron chi connectivity index (χ3n) is 3.23. The molecule has 0 spiro atoms. The standard InChI is InChI=1S/C19H20O3/c1-2-3-14-22-18-11-4-15(5-12-18)6-13-19(21)16-7-9-17(20)10-8-16/h4-13,20H,2-3,14H2,1H3/b13-6+. The van der Waals surface area contributed by atoms with E-state index >= 15 is 0 Å². The average molecular weight is 296 g/mol.